The standard InChI is InChI=1S/C41H57N/c1-11-41(42,12-2)30-17-18-32-34-21-37-33(20-38(34)40(24-28(7)8,25-29(9)10)36(32)19-30)31-15-13-14-16-35(31)39(37,22-26(3)4)23-27(5)6/h13-21,26-29H,11-12,22-25,42H2,1-10H3. The van der Waals surface area contributed by atoms with E-state index in [4.69, 9.17) is 5.73 Å². The fourth-order valence-corrected chi connectivity index (χ4v) is 9.24. The van der Waals surface area contributed by atoms with Gasteiger partial charge in [0.15, 0.2) is 0 Å². The van der Waals surface area contributed by atoms with Gasteiger partial charge in [-0.3, -0.25) is 0 Å². The van der Waals surface area contributed by atoms with Gasteiger partial charge < -0.3 is 5.73 Å². The van der Waals surface area contributed by atoms with Crippen molar-refractivity contribution in [2.45, 2.75) is 124 Å². The second-order valence-corrected chi connectivity index (χ2v) is 15.7. The number of rotatable bonds is 11. The zero-order valence-corrected chi connectivity index (χ0v) is 28.3. The first-order valence-electron chi connectivity index (χ1n) is 17.0. The van der Waals surface area contributed by atoms with Crippen LogP contribution in [0.1, 0.15) is 136 Å². The lowest BCUT2D eigenvalue weighted by Gasteiger charge is -2.38. The summed E-state index contributed by atoms with van der Waals surface area (Å²) in [4.78, 5) is 0. The zero-order valence-electron chi connectivity index (χ0n) is 28.3. The molecule has 1 nitrogen and oxygen atoms in total. The van der Waals surface area contributed by atoms with E-state index in [2.05, 4.69) is 124 Å². The van der Waals surface area contributed by atoms with E-state index in [1.54, 1.807) is 16.7 Å². The van der Waals surface area contributed by atoms with Crippen molar-refractivity contribution in [3.8, 4) is 22.3 Å². The van der Waals surface area contributed by atoms with E-state index >= 15 is 0 Å². The van der Waals surface area contributed by atoms with Gasteiger partial charge in [-0.25, -0.2) is 0 Å². The van der Waals surface area contributed by atoms with Crippen LogP contribution < -0.4 is 5.73 Å². The third-order valence-corrected chi connectivity index (χ3v) is 10.6. The topological polar surface area (TPSA) is 26.0 Å². The molecule has 0 saturated carbocycles. The van der Waals surface area contributed by atoms with Gasteiger partial charge in [0.05, 0.1) is 0 Å². The molecule has 0 radical (unpaired) electrons. The van der Waals surface area contributed by atoms with Gasteiger partial charge >= 0.3 is 0 Å². The van der Waals surface area contributed by atoms with Crippen molar-refractivity contribution < 1.29 is 0 Å². The van der Waals surface area contributed by atoms with Gasteiger partial charge in [0.2, 0.25) is 0 Å². The Balaban J connectivity index is 1.86. The highest BCUT2D eigenvalue weighted by Gasteiger charge is 2.49. The van der Waals surface area contributed by atoms with Crippen LogP contribution >= 0.6 is 0 Å². The highest BCUT2D eigenvalue weighted by Crippen LogP contribution is 2.61. The van der Waals surface area contributed by atoms with Crippen LogP contribution in [0, 0.1) is 23.7 Å². The van der Waals surface area contributed by atoms with Gasteiger partial charge in [-0.15, -0.1) is 0 Å². The summed E-state index contributed by atoms with van der Waals surface area (Å²) in [5.41, 5.74) is 20.3. The molecule has 0 fully saturated rings. The Morgan fingerprint density at radius 2 is 0.929 bits per heavy atom. The van der Waals surface area contributed by atoms with Crippen LogP contribution in [0.4, 0.5) is 0 Å². The van der Waals surface area contributed by atoms with Crippen LogP contribution in [0.2, 0.25) is 0 Å². The molecule has 0 saturated heterocycles. The lowest BCUT2D eigenvalue weighted by atomic mass is 9.66. The Morgan fingerprint density at radius 3 is 1.38 bits per heavy atom. The van der Waals surface area contributed by atoms with Gasteiger partial charge in [-0.05, 0) is 124 Å². The van der Waals surface area contributed by atoms with Gasteiger partial charge in [0.25, 0.3) is 0 Å². The lowest BCUT2D eigenvalue weighted by Crippen LogP contribution is -2.36. The van der Waals surface area contributed by atoms with Crippen LogP contribution in [0.25, 0.3) is 22.3 Å². The Labute approximate surface area is 257 Å². The monoisotopic (exact) mass is 563 g/mol. The number of fused-ring (bicyclic) bond motifs is 6. The Morgan fingerprint density at radius 1 is 0.524 bits per heavy atom. The predicted molar refractivity (Wildman–Crippen MR) is 183 cm³/mol. The molecule has 5 rings (SSSR count). The second-order valence-electron chi connectivity index (χ2n) is 15.7. The van der Waals surface area contributed by atoms with Crippen molar-refractivity contribution in [1.29, 1.82) is 0 Å². The quantitative estimate of drug-likeness (QED) is 0.247. The average Bonchev–Trinajstić information content (AvgIpc) is 3.32. The van der Waals surface area contributed by atoms with E-state index < -0.39 is 0 Å². The Kier molecular flexibility index (Phi) is 8.34. The first-order chi connectivity index (χ1) is 19.8. The normalized spacial score (nSPS) is 16.4. The van der Waals surface area contributed by atoms with Gasteiger partial charge in [0, 0.05) is 16.4 Å². The van der Waals surface area contributed by atoms with Crippen molar-refractivity contribution in [2.24, 2.45) is 29.4 Å². The molecule has 0 unspecified atom stereocenters. The minimum atomic E-state index is -0.282. The summed E-state index contributed by atoms with van der Waals surface area (Å²) in [5.74, 6) is 2.42. The third-order valence-electron chi connectivity index (χ3n) is 10.6. The van der Waals surface area contributed by atoms with Crippen molar-refractivity contribution in [3.05, 3.63) is 82.4 Å². The fourth-order valence-electron chi connectivity index (χ4n) is 9.24. The lowest BCUT2D eigenvalue weighted by molar-refractivity contribution is 0.333. The van der Waals surface area contributed by atoms with E-state index in [9.17, 15) is 0 Å². The molecule has 3 aromatic carbocycles. The van der Waals surface area contributed by atoms with E-state index in [0.717, 1.165) is 25.7 Å². The molecule has 0 spiro atoms. The summed E-state index contributed by atoms with van der Waals surface area (Å²) >= 11 is 0. The molecule has 0 bridgehead atoms. The number of nitrogens with two attached hydrogens (primary N) is 1. The molecule has 2 aliphatic carbocycles. The van der Waals surface area contributed by atoms with Crippen LogP contribution in [0.5, 0.6) is 0 Å². The number of hydrogen-bond donors (Lipinski definition) is 1. The smallest absolute Gasteiger partial charge is 0.0404 e. The zero-order chi connectivity index (χ0) is 30.6. The molecule has 226 valence electrons. The molecule has 1 heteroatoms. The van der Waals surface area contributed by atoms with Crippen LogP contribution in [0.3, 0.4) is 0 Å². The van der Waals surface area contributed by atoms with Crippen molar-refractivity contribution in [2.75, 3.05) is 0 Å². The summed E-state index contributed by atoms with van der Waals surface area (Å²) in [6.45, 7) is 23.8. The van der Waals surface area contributed by atoms with Crippen LogP contribution in [-0.2, 0) is 16.4 Å². The molecule has 42 heavy (non-hydrogen) atoms. The Hall–Kier alpha value is -2.38. The first-order valence-corrected chi connectivity index (χ1v) is 17.0. The molecule has 2 N–H and O–H groups in total. The van der Waals surface area contributed by atoms with Crippen molar-refractivity contribution in [1.82, 2.24) is 0 Å². The summed E-state index contributed by atoms with van der Waals surface area (Å²) in [6, 6.07) is 22.1. The number of benzene rings is 3. The minimum absolute atomic E-state index is 0.00325. The van der Waals surface area contributed by atoms with Crippen LogP contribution in [0.15, 0.2) is 54.6 Å². The molecule has 0 atom stereocenters. The third kappa shape index (κ3) is 4.89. The molecule has 0 aliphatic heterocycles. The second kappa shape index (κ2) is 11.3. The molecule has 3 aromatic rings. The summed E-state index contributed by atoms with van der Waals surface area (Å²) in [7, 11) is 0. The molecule has 0 aromatic heterocycles. The Bertz CT molecular complexity index is 1410. The van der Waals surface area contributed by atoms with E-state index in [1.807, 2.05) is 0 Å². The fraction of sp³-hybridized carbons (Fsp3) is 0.561. The average molecular weight is 564 g/mol. The largest absolute Gasteiger partial charge is 0.321 e. The van der Waals surface area contributed by atoms with E-state index in [1.165, 1.54) is 46.2 Å². The summed E-state index contributed by atoms with van der Waals surface area (Å²) in [6.07, 6.45) is 6.60. The first kappa shape index (κ1) is 31.1. The maximum Gasteiger partial charge on any atom is 0.0404 e. The predicted octanol–water partition coefficient (Wildman–Crippen LogP) is 11.4. The molecule has 0 heterocycles. The highest BCUT2D eigenvalue weighted by atomic mass is 14.7. The van der Waals surface area contributed by atoms with E-state index in [-0.39, 0.29) is 16.4 Å². The highest BCUT2D eigenvalue weighted by molar-refractivity contribution is 5.90. The molecule has 0 amide bonds. The van der Waals surface area contributed by atoms with Crippen molar-refractivity contribution >= 4 is 0 Å². The van der Waals surface area contributed by atoms with Crippen molar-refractivity contribution in [3.63, 3.8) is 0 Å². The molecular weight excluding hydrogens is 506 g/mol. The SMILES string of the molecule is CCC(N)(CC)c1ccc2c(c1)C(CC(C)C)(CC(C)C)c1cc3c(cc1-2)C(CC(C)C)(CC(C)C)c1ccccc1-3. The van der Waals surface area contributed by atoms with Gasteiger partial charge in [-0.2, -0.15) is 0 Å². The number of hydrogen-bond acceptors (Lipinski definition) is 1. The van der Waals surface area contributed by atoms with Crippen LogP contribution in [-0.4, -0.2) is 0 Å². The van der Waals surface area contributed by atoms with Gasteiger partial charge in [-0.1, -0.05) is 112 Å². The molecular formula is C41H57N. The summed E-state index contributed by atoms with van der Waals surface area (Å²) < 4.78 is 0. The summed E-state index contributed by atoms with van der Waals surface area (Å²) in [5, 5.41) is 0. The maximum atomic E-state index is 7.07. The van der Waals surface area contributed by atoms with E-state index in [0.29, 0.717) is 23.7 Å². The maximum absolute atomic E-state index is 7.07. The van der Waals surface area contributed by atoms with Gasteiger partial charge in [0.1, 0.15) is 0 Å². The minimum Gasteiger partial charge on any atom is -0.321 e. The molecule has 2 aliphatic rings.